The molecule has 0 bridgehead atoms. The second kappa shape index (κ2) is 9.78. The van der Waals surface area contributed by atoms with Gasteiger partial charge in [-0.3, -0.25) is 19.7 Å². The van der Waals surface area contributed by atoms with E-state index in [1.807, 2.05) is 6.92 Å². The Labute approximate surface area is 138 Å². The number of nitrogens with zero attached hydrogens (tertiary/aromatic N) is 1. The van der Waals surface area contributed by atoms with Crippen LogP contribution in [0.25, 0.3) is 0 Å². The number of esters is 2. The summed E-state index contributed by atoms with van der Waals surface area (Å²) in [7, 11) is 0. The number of para-hydroxylation sites is 1. The van der Waals surface area contributed by atoms with Crippen molar-refractivity contribution in [2.24, 2.45) is 0 Å². The van der Waals surface area contributed by atoms with Gasteiger partial charge in [-0.2, -0.15) is 0 Å². The SMILES string of the molecule is CCCCOC(=O)CCC(=O)OCc1cccc(Cl)c1[N+](=O)[O-]. The van der Waals surface area contributed by atoms with Crippen LogP contribution >= 0.6 is 11.6 Å². The number of halogens is 1. The highest BCUT2D eigenvalue weighted by molar-refractivity contribution is 6.32. The molecule has 0 saturated heterocycles. The van der Waals surface area contributed by atoms with Gasteiger partial charge < -0.3 is 9.47 Å². The Morgan fingerprint density at radius 1 is 1.22 bits per heavy atom. The quantitative estimate of drug-likeness (QED) is 0.295. The molecule has 0 radical (unpaired) electrons. The molecule has 0 saturated carbocycles. The lowest BCUT2D eigenvalue weighted by Gasteiger charge is -2.07. The fourth-order valence-corrected chi connectivity index (χ4v) is 1.98. The van der Waals surface area contributed by atoms with Gasteiger partial charge >= 0.3 is 11.9 Å². The largest absolute Gasteiger partial charge is 0.466 e. The average molecular weight is 344 g/mol. The van der Waals surface area contributed by atoms with Crippen LogP contribution in [0, 0.1) is 10.1 Å². The Balaban J connectivity index is 2.44. The van der Waals surface area contributed by atoms with Crippen LogP contribution < -0.4 is 0 Å². The number of rotatable bonds is 9. The molecule has 0 aliphatic carbocycles. The molecule has 0 atom stereocenters. The first-order valence-corrected chi connectivity index (χ1v) is 7.56. The zero-order valence-corrected chi connectivity index (χ0v) is 13.5. The van der Waals surface area contributed by atoms with Crippen molar-refractivity contribution in [1.29, 1.82) is 0 Å². The lowest BCUT2D eigenvalue weighted by molar-refractivity contribution is -0.385. The minimum atomic E-state index is -0.633. The smallest absolute Gasteiger partial charge is 0.306 e. The number of nitro benzene ring substituents is 1. The van der Waals surface area contributed by atoms with E-state index in [1.165, 1.54) is 18.2 Å². The summed E-state index contributed by atoms with van der Waals surface area (Å²) in [6.45, 7) is 2.03. The van der Waals surface area contributed by atoms with E-state index in [4.69, 9.17) is 21.1 Å². The molecule has 0 fully saturated rings. The number of benzene rings is 1. The van der Waals surface area contributed by atoms with Gasteiger partial charge in [0.15, 0.2) is 0 Å². The Morgan fingerprint density at radius 3 is 2.48 bits per heavy atom. The zero-order chi connectivity index (χ0) is 17.2. The summed E-state index contributed by atoms with van der Waals surface area (Å²) >= 11 is 5.76. The van der Waals surface area contributed by atoms with E-state index in [0.717, 1.165) is 12.8 Å². The molecule has 0 amide bonds. The van der Waals surface area contributed by atoms with Crippen molar-refractivity contribution in [2.75, 3.05) is 6.61 Å². The minimum absolute atomic E-state index is 0.0250. The maximum Gasteiger partial charge on any atom is 0.306 e. The van der Waals surface area contributed by atoms with Crippen molar-refractivity contribution >= 4 is 29.2 Å². The molecule has 1 rings (SSSR count). The van der Waals surface area contributed by atoms with Gasteiger partial charge in [-0.1, -0.05) is 31.0 Å². The van der Waals surface area contributed by atoms with Crippen molar-refractivity contribution in [3.05, 3.63) is 38.9 Å². The molecule has 0 N–H and O–H groups in total. The zero-order valence-electron chi connectivity index (χ0n) is 12.7. The number of unbranched alkanes of at least 4 members (excludes halogenated alkanes) is 1. The van der Waals surface area contributed by atoms with E-state index < -0.39 is 16.9 Å². The predicted octanol–water partition coefficient (Wildman–Crippen LogP) is 3.41. The molecule has 126 valence electrons. The van der Waals surface area contributed by atoms with E-state index in [9.17, 15) is 19.7 Å². The number of hydrogen-bond acceptors (Lipinski definition) is 6. The van der Waals surface area contributed by atoms with Crippen LogP contribution in [0.1, 0.15) is 38.2 Å². The van der Waals surface area contributed by atoms with Crippen LogP contribution in [0.3, 0.4) is 0 Å². The lowest BCUT2D eigenvalue weighted by atomic mass is 10.2. The van der Waals surface area contributed by atoms with Gasteiger partial charge in [-0.25, -0.2) is 0 Å². The summed E-state index contributed by atoms with van der Waals surface area (Å²) in [5.74, 6) is -1.10. The van der Waals surface area contributed by atoms with Crippen LogP contribution in [-0.4, -0.2) is 23.5 Å². The van der Waals surface area contributed by atoms with Crippen LogP contribution in [0.4, 0.5) is 5.69 Å². The summed E-state index contributed by atoms with van der Waals surface area (Å²) in [4.78, 5) is 33.3. The van der Waals surface area contributed by atoms with Gasteiger partial charge in [0.2, 0.25) is 0 Å². The Kier molecular flexibility index (Phi) is 8.04. The first-order chi connectivity index (χ1) is 11.0. The van der Waals surface area contributed by atoms with Crippen molar-refractivity contribution < 1.29 is 24.0 Å². The van der Waals surface area contributed by atoms with E-state index >= 15 is 0 Å². The molecule has 8 heteroatoms. The summed E-state index contributed by atoms with van der Waals surface area (Å²) in [6.07, 6.45) is 1.46. The monoisotopic (exact) mass is 343 g/mol. The van der Waals surface area contributed by atoms with E-state index in [0.29, 0.717) is 6.61 Å². The van der Waals surface area contributed by atoms with Gasteiger partial charge in [0.05, 0.1) is 29.9 Å². The predicted molar refractivity (Wildman–Crippen MR) is 83.0 cm³/mol. The standard InChI is InChI=1S/C15H18ClNO6/c1-2-3-9-22-13(18)7-8-14(19)23-10-11-5-4-6-12(16)15(11)17(20)21/h4-6H,2-3,7-10H2,1H3. The summed E-state index contributed by atoms with van der Waals surface area (Å²) in [5, 5.41) is 10.9. The number of carbonyl (C=O) groups is 2. The van der Waals surface area contributed by atoms with E-state index in [1.54, 1.807) is 0 Å². The number of nitro groups is 1. The molecule has 0 unspecified atom stereocenters. The molecule has 23 heavy (non-hydrogen) atoms. The fourth-order valence-electron chi connectivity index (χ4n) is 1.72. The number of ether oxygens (including phenoxy) is 2. The highest BCUT2D eigenvalue weighted by atomic mass is 35.5. The van der Waals surface area contributed by atoms with Gasteiger partial charge in [-0.05, 0) is 18.6 Å². The Morgan fingerprint density at radius 2 is 1.87 bits per heavy atom. The third kappa shape index (κ3) is 6.65. The highest BCUT2D eigenvalue weighted by Crippen LogP contribution is 2.28. The first kappa shape index (κ1) is 18.9. The van der Waals surface area contributed by atoms with Gasteiger partial charge in [0.25, 0.3) is 5.69 Å². The highest BCUT2D eigenvalue weighted by Gasteiger charge is 2.19. The molecule has 7 nitrogen and oxygen atoms in total. The first-order valence-electron chi connectivity index (χ1n) is 7.18. The molecule has 0 aliphatic rings. The molecule has 0 aliphatic heterocycles. The van der Waals surface area contributed by atoms with Crippen molar-refractivity contribution in [2.45, 2.75) is 39.2 Å². The molecular formula is C15H18ClNO6. The normalized spacial score (nSPS) is 10.2. The Bertz CT molecular complexity index is 575. The molecular weight excluding hydrogens is 326 g/mol. The maximum atomic E-state index is 11.6. The second-order valence-electron chi connectivity index (χ2n) is 4.74. The van der Waals surface area contributed by atoms with Gasteiger partial charge in [0, 0.05) is 0 Å². The molecule has 1 aromatic carbocycles. The average Bonchev–Trinajstić information content (AvgIpc) is 2.50. The maximum absolute atomic E-state index is 11.6. The third-order valence-electron chi connectivity index (χ3n) is 2.94. The topological polar surface area (TPSA) is 95.7 Å². The molecule has 0 heterocycles. The van der Waals surface area contributed by atoms with Crippen molar-refractivity contribution in [3.63, 3.8) is 0 Å². The van der Waals surface area contributed by atoms with Crippen molar-refractivity contribution in [1.82, 2.24) is 0 Å². The number of hydrogen-bond donors (Lipinski definition) is 0. The van der Waals surface area contributed by atoms with Gasteiger partial charge in [0.1, 0.15) is 11.6 Å². The summed E-state index contributed by atoms with van der Waals surface area (Å²) in [5.41, 5.74) is -0.0951. The van der Waals surface area contributed by atoms with Crippen LogP contribution in [-0.2, 0) is 25.7 Å². The van der Waals surface area contributed by atoms with E-state index in [2.05, 4.69) is 0 Å². The van der Waals surface area contributed by atoms with Crippen LogP contribution in [0.2, 0.25) is 5.02 Å². The van der Waals surface area contributed by atoms with Crippen LogP contribution in [0.5, 0.6) is 0 Å². The molecule has 0 spiro atoms. The van der Waals surface area contributed by atoms with E-state index in [-0.39, 0.29) is 35.7 Å². The fraction of sp³-hybridized carbons (Fsp3) is 0.467. The van der Waals surface area contributed by atoms with Crippen molar-refractivity contribution in [3.8, 4) is 0 Å². The van der Waals surface area contributed by atoms with Gasteiger partial charge in [-0.15, -0.1) is 0 Å². The number of carbonyl (C=O) groups excluding carboxylic acids is 2. The second-order valence-corrected chi connectivity index (χ2v) is 5.15. The third-order valence-corrected chi connectivity index (χ3v) is 3.24. The summed E-state index contributed by atoms with van der Waals surface area (Å²) < 4.78 is 9.85. The molecule has 1 aromatic rings. The lowest BCUT2D eigenvalue weighted by Crippen LogP contribution is -2.11. The minimum Gasteiger partial charge on any atom is -0.466 e. The summed E-state index contributed by atoms with van der Waals surface area (Å²) in [6, 6.07) is 4.37. The van der Waals surface area contributed by atoms with Crippen LogP contribution in [0.15, 0.2) is 18.2 Å². The molecule has 0 aromatic heterocycles. The Hall–Kier alpha value is -2.15.